The Balaban J connectivity index is 2.41. The Labute approximate surface area is 115 Å². The first-order chi connectivity index (χ1) is 9.26. The van der Waals surface area contributed by atoms with Gasteiger partial charge in [0.15, 0.2) is 0 Å². The Hall–Kier alpha value is -1.61. The molecule has 1 aromatic heterocycles. The summed E-state index contributed by atoms with van der Waals surface area (Å²) in [6.45, 7) is 5.95. The average Bonchev–Trinajstić information content (AvgIpc) is 2.42. The molecule has 19 heavy (non-hydrogen) atoms. The van der Waals surface area contributed by atoms with Gasteiger partial charge in [0, 0.05) is 19.0 Å². The molecule has 3 heteroatoms. The van der Waals surface area contributed by atoms with Crippen LogP contribution in [0.3, 0.4) is 0 Å². The highest BCUT2D eigenvalue weighted by molar-refractivity contribution is 5.84. The lowest BCUT2D eigenvalue weighted by atomic mass is 10.1. The highest BCUT2D eigenvalue weighted by atomic mass is 16.5. The fourth-order valence-electron chi connectivity index (χ4n) is 2.20. The van der Waals surface area contributed by atoms with E-state index in [1.54, 1.807) is 7.11 Å². The lowest BCUT2D eigenvalue weighted by Gasteiger charge is -2.11. The molecule has 0 aliphatic rings. The van der Waals surface area contributed by atoms with Crippen LogP contribution in [0.4, 0.5) is 5.82 Å². The molecular weight excluding hydrogens is 236 g/mol. The molecule has 0 aliphatic heterocycles. The SMILES string of the molecule is CCCNc1nc2c(CCOC)cccc2cc1C. The summed E-state index contributed by atoms with van der Waals surface area (Å²) in [5.74, 6) is 0.999. The third-order valence-corrected chi connectivity index (χ3v) is 3.24. The van der Waals surface area contributed by atoms with Gasteiger partial charge in [0.05, 0.1) is 12.1 Å². The van der Waals surface area contributed by atoms with E-state index in [0.29, 0.717) is 0 Å². The lowest BCUT2D eigenvalue weighted by Crippen LogP contribution is -2.05. The molecule has 1 aromatic carbocycles. The Morgan fingerprint density at radius 2 is 2.16 bits per heavy atom. The number of hydrogen-bond acceptors (Lipinski definition) is 3. The van der Waals surface area contributed by atoms with Gasteiger partial charge in [0.1, 0.15) is 5.82 Å². The number of nitrogens with one attached hydrogen (secondary N) is 1. The fourth-order valence-corrected chi connectivity index (χ4v) is 2.20. The third kappa shape index (κ3) is 3.24. The van der Waals surface area contributed by atoms with Crippen LogP contribution in [0.1, 0.15) is 24.5 Å². The summed E-state index contributed by atoms with van der Waals surface area (Å²) in [6.07, 6.45) is 2.00. The summed E-state index contributed by atoms with van der Waals surface area (Å²) in [5.41, 5.74) is 3.53. The summed E-state index contributed by atoms with van der Waals surface area (Å²) in [5, 5.41) is 4.60. The van der Waals surface area contributed by atoms with Gasteiger partial charge in [0.25, 0.3) is 0 Å². The van der Waals surface area contributed by atoms with E-state index in [4.69, 9.17) is 9.72 Å². The lowest BCUT2D eigenvalue weighted by molar-refractivity contribution is 0.202. The van der Waals surface area contributed by atoms with Gasteiger partial charge < -0.3 is 10.1 Å². The molecule has 0 radical (unpaired) electrons. The van der Waals surface area contributed by atoms with Crippen LogP contribution in [-0.4, -0.2) is 25.2 Å². The first kappa shape index (κ1) is 13.8. The quantitative estimate of drug-likeness (QED) is 0.860. The molecule has 2 aromatic rings. The molecule has 0 aliphatic carbocycles. The van der Waals surface area contributed by atoms with Crippen LogP contribution in [0.15, 0.2) is 24.3 Å². The van der Waals surface area contributed by atoms with Gasteiger partial charge in [-0.1, -0.05) is 25.1 Å². The molecule has 0 spiro atoms. The van der Waals surface area contributed by atoms with E-state index >= 15 is 0 Å². The number of hydrogen-bond donors (Lipinski definition) is 1. The minimum absolute atomic E-state index is 0.729. The van der Waals surface area contributed by atoms with Crippen LogP contribution in [0.5, 0.6) is 0 Å². The van der Waals surface area contributed by atoms with E-state index in [1.165, 1.54) is 16.5 Å². The number of para-hydroxylation sites is 1. The highest BCUT2D eigenvalue weighted by Crippen LogP contribution is 2.23. The molecule has 102 valence electrons. The number of fused-ring (bicyclic) bond motifs is 1. The van der Waals surface area contributed by atoms with Crippen molar-refractivity contribution in [2.24, 2.45) is 0 Å². The van der Waals surface area contributed by atoms with Gasteiger partial charge in [-0.15, -0.1) is 0 Å². The average molecular weight is 258 g/mol. The molecule has 0 amide bonds. The zero-order valence-electron chi connectivity index (χ0n) is 12.0. The van der Waals surface area contributed by atoms with Crippen LogP contribution in [-0.2, 0) is 11.2 Å². The smallest absolute Gasteiger partial charge is 0.129 e. The van der Waals surface area contributed by atoms with Gasteiger partial charge >= 0.3 is 0 Å². The van der Waals surface area contributed by atoms with E-state index in [1.807, 2.05) is 0 Å². The second-order valence-electron chi connectivity index (χ2n) is 4.81. The minimum atomic E-state index is 0.729. The molecule has 3 nitrogen and oxygen atoms in total. The van der Waals surface area contributed by atoms with Gasteiger partial charge in [0.2, 0.25) is 0 Å². The number of aryl methyl sites for hydroxylation is 1. The molecule has 0 unspecified atom stereocenters. The summed E-state index contributed by atoms with van der Waals surface area (Å²) >= 11 is 0. The molecule has 0 bridgehead atoms. The van der Waals surface area contributed by atoms with Gasteiger partial charge in [-0.25, -0.2) is 4.98 Å². The van der Waals surface area contributed by atoms with Crippen molar-refractivity contribution in [3.05, 3.63) is 35.4 Å². The number of benzene rings is 1. The maximum atomic E-state index is 5.17. The summed E-state index contributed by atoms with van der Waals surface area (Å²) in [6, 6.07) is 8.55. The van der Waals surface area contributed by atoms with Crippen molar-refractivity contribution < 1.29 is 4.74 Å². The highest BCUT2D eigenvalue weighted by Gasteiger charge is 2.06. The standard InChI is InChI=1S/C16H22N2O/c1-4-9-17-16-12(2)11-14-7-5-6-13(8-10-19-3)15(14)18-16/h5-7,11H,4,8-10H2,1-3H3,(H,17,18). The molecule has 1 heterocycles. The predicted molar refractivity (Wildman–Crippen MR) is 80.8 cm³/mol. The number of aromatic nitrogens is 1. The zero-order chi connectivity index (χ0) is 13.7. The summed E-state index contributed by atoms with van der Waals surface area (Å²) in [4.78, 5) is 4.80. The summed E-state index contributed by atoms with van der Waals surface area (Å²) in [7, 11) is 1.73. The van der Waals surface area contributed by atoms with Crippen molar-refractivity contribution in [1.82, 2.24) is 4.98 Å². The van der Waals surface area contributed by atoms with Crippen molar-refractivity contribution in [2.75, 3.05) is 25.6 Å². The van der Waals surface area contributed by atoms with E-state index < -0.39 is 0 Å². The predicted octanol–water partition coefficient (Wildman–Crippen LogP) is 3.55. The van der Waals surface area contributed by atoms with Crippen molar-refractivity contribution in [3.8, 4) is 0 Å². The first-order valence-corrected chi connectivity index (χ1v) is 6.88. The number of rotatable bonds is 6. The molecule has 0 saturated carbocycles. The van der Waals surface area contributed by atoms with Gasteiger partial charge in [-0.05, 0) is 37.0 Å². The molecule has 0 atom stereocenters. The van der Waals surface area contributed by atoms with E-state index in [9.17, 15) is 0 Å². The second kappa shape index (κ2) is 6.53. The Bertz CT molecular complexity index is 552. The Morgan fingerprint density at radius 3 is 2.89 bits per heavy atom. The number of ether oxygens (including phenoxy) is 1. The maximum Gasteiger partial charge on any atom is 0.129 e. The van der Waals surface area contributed by atoms with Crippen LogP contribution in [0.2, 0.25) is 0 Å². The minimum Gasteiger partial charge on any atom is -0.384 e. The van der Waals surface area contributed by atoms with Crippen molar-refractivity contribution in [2.45, 2.75) is 26.7 Å². The van der Waals surface area contributed by atoms with E-state index in [2.05, 4.69) is 43.4 Å². The zero-order valence-corrected chi connectivity index (χ0v) is 12.0. The Kier molecular flexibility index (Phi) is 4.74. The summed E-state index contributed by atoms with van der Waals surface area (Å²) < 4.78 is 5.17. The molecule has 2 rings (SSSR count). The van der Waals surface area contributed by atoms with Crippen molar-refractivity contribution >= 4 is 16.7 Å². The maximum absolute atomic E-state index is 5.17. The third-order valence-electron chi connectivity index (χ3n) is 3.24. The molecule has 0 fully saturated rings. The van der Waals surface area contributed by atoms with Crippen molar-refractivity contribution in [1.29, 1.82) is 0 Å². The largest absolute Gasteiger partial charge is 0.384 e. The number of anilines is 1. The van der Waals surface area contributed by atoms with Crippen LogP contribution < -0.4 is 5.32 Å². The van der Waals surface area contributed by atoms with Crippen LogP contribution in [0, 0.1) is 6.92 Å². The van der Waals surface area contributed by atoms with E-state index in [0.717, 1.165) is 37.3 Å². The number of methoxy groups -OCH3 is 1. The van der Waals surface area contributed by atoms with Crippen molar-refractivity contribution in [3.63, 3.8) is 0 Å². The molecule has 0 saturated heterocycles. The monoisotopic (exact) mass is 258 g/mol. The first-order valence-electron chi connectivity index (χ1n) is 6.88. The topological polar surface area (TPSA) is 34.2 Å². The second-order valence-corrected chi connectivity index (χ2v) is 4.81. The van der Waals surface area contributed by atoms with Crippen LogP contribution >= 0.6 is 0 Å². The number of nitrogens with zero attached hydrogens (tertiary/aromatic N) is 1. The Morgan fingerprint density at radius 1 is 1.32 bits per heavy atom. The van der Waals surface area contributed by atoms with Crippen LogP contribution in [0.25, 0.3) is 10.9 Å². The molecular formula is C16H22N2O. The normalized spacial score (nSPS) is 10.9. The number of pyridine rings is 1. The fraction of sp³-hybridized carbons (Fsp3) is 0.438. The molecule has 1 N–H and O–H groups in total. The van der Waals surface area contributed by atoms with Gasteiger partial charge in [-0.2, -0.15) is 0 Å². The van der Waals surface area contributed by atoms with E-state index in [-0.39, 0.29) is 0 Å². The van der Waals surface area contributed by atoms with Gasteiger partial charge in [-0.3, -0.25) is 0 Å².